The van der Waals surface area contributed by atoms with Crippen LogP contribution < -0.4 is 5.32 Å². The number of amides is 2. The number of carboxylic acids is 1. The Bertz CT molecular complexity index is 464. The molecule has 0 atom stereocenters. The lowest BCUT2D eigenvalue weighted by Gasteiger charge is -2.36. The number of hydrogen-bond acceptors (Lipinski definition) is 3. The minimum atomic E-state index is -0.782. The van der Waals surface area contributed by atoms with Crippen molar-refractivity contribution in [1.29, 1.82) is 0 Å². The maximum atomic E-state index is 11.9. The van der Waals surface area contributed by atoms with Crippen LogP contribution in [-0.4, -0.2) is 51.6 Å². The standard InChI is InChI=1S/C13H20N4O3/c1-13(11(18)19)3-8-17(9-4-13)12(20)16-5-2-10-14-6-7-15-10/h6-7H,2-5,8-9H2,1H3,(H,14,15)(H,16,20)(H,18,19). The van der Waals surface area contributed by atoms with E-state index in [-0.39, 0.29) is 6.03 Å². The van der Waals surface area contributed by atoms with E-state index in [1.54, 1.807) is 24.2 Å². The number of likely N-dealkylation sites (tertiary alicyclic amines) is 1. The summed E-state index contributed by atoms with van der Waals surface area (Å²) in [6.07, 6.45) is 5.06. The normalized spacial score (nSPS) is 17.8. The van der Waals surface area contributed by atoms with Gasteiger partial charge in [-0.05, 0) is 19.8 Å². The van der Waals surface area contributed by atoms with Crippen LogP contribution in [0.2, 0.25) is 0 Å². The first kappa shape index (κ1) is 14.4. The van der Waals surface area contributed by atoms with Gasteiger partial charge in [0.25, 0.3) is 0 Å². The summed E-state index contributed by atoms with van der Waals surface area (Å²) in [7, 11) is 0. The zero-order valence-corrected chi connectivity index (χ0v) is 11.6. The highest BCUT2D eigenvalue weighted by atomic mass is 16.4. The molecule has 0 unspecified atom stereocenters. The minimum absolute atomic E-state index is 0.135. The molecule has 1 fully saturated rings. The average molecular weight is 280 g/mol. The van der Waals surface area contributed by atoms with Gasteiger partial charge in [0.05, 0.1) is 5.41 Å². The molecule has 20 heavy (non-hydrogen) atoms. The van der Waals surface area contributed by atoms with E-state index in [9.17, 15) is 9.59 Å². The largest absolute Gasteiger partial charge is 0.481 e. The highest BCUT2D eigenvalue weighted by Crippen LogP contribution is 2.30. The molecule has 0 spiro atoms. The smallest absolute Gasteiger partial charge is 0.317 e. The SMILES string of the molecule is CC1(C(=O)O)CCN(C(=O)NCCc2ncc[nH]2)CC1. The molecular formula is C13H20N4O3. The summed E-state index contributed by atoms with van der Waals surface area (Å²) in [5, 5.41) is 12.0. The second-order valence-corrected chi connectivity index (χ2v) is 5.37. The van der Waals surface area contributed by atoms with Crippen LogP contribution in [0.15, 0.2) is 12.4 Å². The van der Waals surface area contributed by atoms with Gasteiger partial charge in [0.1, 0.15) is 5.82 Å². The van der Waals surface area contributed by atoms with E-state index in [0.29, 0.717) is 38.9 Å². The average Bonchev–Trinajstić information content (AvgIpc) is 2.92. The number of nitrogens with zero attached hydrogens (tertiary/aromatic N) is 2. The Morgan fingerprint density at radius 2 is 2.20 bits per heavy atom. The van der Waals surface area contributed by atoms with E-state index in [1.165, 1.54) is 0 Å². The number of carbonyl (C=O) groups excluding carboxylic acids is 1. The number of piperidine rings is 1. The maximum absolute atomic E-state index is 11.9. The van der Waals surface area contributed by atoms with E-state index in [2.05, 4.69) is 15.3 Å². The summed E-state index contributed by atoms with van der Waals surface area (Å²) in [5.74, 6) is 0.0535. The molecule has 1 aliphatic heterocycles. The Labute approximate surface area is 117 Å². The molecule has 1 aliphatic rings. The first-order valence-electron chi connectivity index (χ1n) is 6.76. The number of imidazole rings is 1. The predicted octanol–water partition coefficient (Wildman–Crippen LogP) is 0.848. The summed E-state index contributed by atoms with van der Waals surface area (Å²) >= 11 is 0. The molecule has 2 heterocycles. The molecule has 0 aliphatic carbocycles. The van der Waals surface area contributed by atoms with Gasteiger partial charge in [0.15, 0.2) is 0 Å². The summed E-state index contributed by atoms with van der Waals surface area (Å²) in [6.45, 7) is 3.21. The Hall–Kier alpha value is -2.05. The lowest BCUT2D eigenvalue weighted by Crippen LogP contribution is -2.49. The number of carboxylic acid groups (broad SMARTS) is 1. The van der Waals surface area contributed by atoms with Gasteiger partial charge in [-0.1, -0.05) is 0 Å². The third kappa shape index (κ3) is 3.28. The number of hydrogen-bond donors (Lipinski definition) is 3. The summed E-state index contributed by atoms with van der Waals surface area (Å²) in [5.41, 5.74) is -0.703. The van der Waals surface area contributed by atoms with Gasteiger partial charge >= 0.3 is 12.0 Å². The third-order valence-electron chi connectivity index (χ3n) is 3.86. The van der Waals surface area contributed by atoms with Crippen molar-refractivity contribution >= 4 is 12.0 Å². The van der Waals surface area contributed by atoms with Gasteiger partial charge in [0, 0.05) is 38.4 Å². The molecule has 2 rings (SSSR count). The molecular weight excluding hydrogens is 260 g/mol. The Kier molecular flexibility index (Phi) is 4.26. The van der Waals surface area contributed by atoms with Gasteiger partial charge in [-0.25, -0.2) is 9.78 Å². The molecule has 1 saturated heterocycles. The maximum Gasteiger partial charge on any atom is 0.317 e. The van der Waals surface area contributed by atoms with Gasteiger partial charge in [-0.2, -0.15) is 0 Å². The third-order valence-corrected chi connectivity index (χ3v) is 3.86. The molecule has 2 amide bonds. The fourth-order valence-corrected chi connectivity index (χ4v) is 2.25. The van der Waals surface area contributed by atoms with Gasteiger partial charge in [0.2, 0.25) is 0 Å². The fourth-order valence-electron chi connectivity index (χ4n) is 2.25. The highest BCUT2D eigenvalue weighted by molar-refractivity contribution is 5.76. The zero-order valence-electron chi connectivity index (χ0n) is 11.6. The Balaban J connectivity index is 1.73. The van der Waals surface area contributed by atoms with E-state index < -0.39 is 11.4 Å². The molecule has 0 bridgehead atoms. The van der Waals surface area contributed by atoms with E-state index in [0.717, 1.165) is 5.82 Å². The number of rotatable bonds is 4. The number of aromatic nitrogens is 2. The number of aromatic amines is 1. The molecule has 0 radical (unpaired) electrons. The fraction of sp³-hybridized carbons (Fsp3) is 0.615. The number of urea groups is 1. The van der Waals surface area contributed by atoms with Crippen LogP contribution in [0.5, 0.6) is 0 Å². The minimum Gasteiger partial charge on any atom is -0.481 e. The van der Waals surface area contributed by atoms with Crippen molar-refractivity contribution < 1.29 is 14.7 Å². The van der Waals surface area contributed by atoms with Crippen LogP contribution in [0.1, 0.15) is 25.6 Å². The molecule has 1 aromatic rings. The summed E-state index contributed by atoms with van der Waals surface area (Å²) in [4.78, 5) is 31.8. The van der Waals surface area contributed by atoms with Crippen molar-refractivity contribution in [2.24, 2.45) is 5.41 Å². The molecule has 0 aromatic carbocycles. The number of carbonyl (C=O) groups is 2. The highest BCUT2D eigenvalue weighted by Gasteiger charge is 2.37. The second-order valence-electron chi connectivity index (χ2n) is 5.37. The van der Waals surface area contributed by atoms with Crippen LogP contribution in [0, 0.1) is 5.41 Å². The topological polar surface area (TPSA) is 98.3 Å². The molecule has 3 N–H and O–H groups in total. The zero-order chi connectivity index (χ0) is 14.6. The Morgan fingerprint density at radius 3 is 2.75 bits per heavy atom. The van der Waals surface area contributed by atoms with Gasteiger partial charge in [-0.3, -0.25) is 4.79 Å². The lowest BCUT2D eigenvalue weighted by molar-refractivity contribution is -0.150. The molecule has 7 nitrogen and oxygen atoms in total. The van der Waals surface area contributed by atoms with Crippen LogP contribution in [0.25, 0.3) is 0 Å². The monoisotopic (exact) mass is 280 g/mol. The van der Waals surface area contributed by atoms with Crippen LogP contribution in [-0.2, 0) is 11.2 Å². The van der Waals surface area contributed by atoms with Crippen molar-refractivity contribution in [2.75, 3.05) is 19.6 Å². The number of H-pyrrole nitrogens is 1. The quantitative estimate of drug-likeness (QED) is 0.761. The molecule has 7 heteroatoms. The lowest BCUT2D eigenvalue weighted by atomic mass is 9.80. The molecule has 110 valence electrons. The second kappa shape index (κ2) is 5.94. The van der Waals surface area contributed by atoms with Crippen LogP contribution >= 0.6 is 0 Å². The van der Waals surface area contributed by atoms with E-state index >= 15 is 0 Å². The van der Waals surface area contributed by atoms with Crippen molar-refractivity contribution in [3.63, 3.8) is 0 Å². The first-order valence-corrected chi connectivity index (χ1v) is 6.76. The van der Waals surface area contributed by atoms with Crippen molar-refractivity contribution in [1.82, 2.24) is 20.2 Å². The summed E-state index contributed by atoms with van der Waals surface area (Å²) in [6, 6.07) is -0.135. The Morgan fingerprint density at radius 1 is 1.50 bits per heavy atom. The van der Waals surface area contributed by atoms with Crippen molar-refractivity contribution in [3.05, 3.63) is 18.2 Å². The van der Waals surface area contributed by atoms with E-state index in [1.807, 2.05) is 0 Å². The summed E-state index contributed by atoms with van der Waals surface area (Å²) < 4.78 is 0. The van der Waals surface area contributed by atoms with Crippen molar-refractivity contribution in [2.45, 2.75) is 26.2 Å². The van der Waals surface area contributed by atoms with E-state index in [4.69, 9.17) is 5.11 Å². The van der Waals surface area contributed by atoms with Crippen molar-refractivity contribution in [3.8, 4) is 0 Å². The van der Waals surface area contributed by atoms with Crippen LogP contribution in [0.3, 0.4) is 0 Å². The first-order chi connectivity index (χ1) is 9.51. The molecule has 0 saturated carbocycles. The van der Waals surface area contributed by atoms with Gasteiger partial charge in [-0.15, -0.1) is 0 Å². The number of nitrogens with one attached hydrogen (secondary N) is 2. The van der Waals surface area contributed by atoms with Gasteiger partial charge < -0.3 is 20.3 Å². The predicted molar refractivity (Wildman–Crippen MR) is 72.2 cm³/mol. The molecule has 1 aromatic heterocycles. The van der Waals surface area contributed by atoms with Crippen LogP contribution in [0.4, 0.5) is 4.79 Å². The number of aliphatic carboxylic acids is 1.